The number of aromatic nitrogens is 4. The van der Waals surface area contributed by atoms with Gasteiger partial charge >= 0.3 is 0 Å². The first kappa shape index (κ1) is 16.5. The van der Waals surface area contributed by atoms with Gasteiger partial charge < -0.3 is 5.32 Å². The molecule has 0 saturated heterocycles. The van der Waals surface area contributed by atoms with Crippen molar-refractivity contribution in [2.24, 2.45) is 0 Å². The molecule has 0 spiro atoms. The average Bonchev–Trinajstić information content (AvgIpc) is 3.21. The Morgan fingerprint density at radius 2 is 2.08 bits per heavy atom. The Bertz CT molecular complexity index is 1130. The molecular formula is C18H17N5O2S. The first-order valence-corrected chi connectivity index (χ1v) is 9.14. The van der Waals surface area contributed by atoms with Crippen molar-refractivity contribution in [1.82, 2.24) is 24.5 Å². The Kier molecular flexibility index (Phi) is 4.26. The van der Waals surface area contributed by atoms with E-state index in [2.05, 4.69) is 15.4 Å². The second-order valence-electron chi connectivity index (χ2n) is 6.02. The van der Waals surface area contributed by atoms with Gasteiger partial charge in [-0.25, -0.2) is 9.67 Å². The topological polar surface area (TPSA) is 81.3 Å². The lowest BCUT2D eigenvalue weighted by Crippen LogP contribution is -2.35. The molecule has 0 radical (unpaired) electrons. The van der Waals surface area contributed by atoms with Crippen molar-refractivity contribution in [3.63, 3.8) is 0 Å². The zero-order chi connectivity index (χ0) is 18.1. The fourth-order valence-electron chi connectivity index (χ4n) is 2.93. The van der Waals surface area contributed by atoms with E-state index < -0.39 is 0 Å². The fraction of sp³-hybridized carbons (Fsp3) is 0.222. The van der Waals surface area contributed by atoms with Gasteiger partial charge in [0.25, 0.3) is 5.56 Å². The standard InChI is InChI=1S/C18H17N5O2S/c1-12-14-4-2-3-5-15(14)17(25)23(21-12)11-16(24)19-7-6-13-10-22-8-9-26-18(22)20-13/h2-5,8-10H,6-7,11H2,1H3,(H,19,24). The van der Waals surface area contributed by atoms with E-state index in [-0.39, 0.29) is 18.0 Å². The lowest BCUT2D eigenvalue weighted by molar-refractivity contribution is -0.121. The van der Waals surface area contributed by atoms with Gasteiger partial charge in [0.2, 0.25) is 5.91 Å². The summed E-state index contributed by atoms with van der Waals surface area (Å²) in [6.07, 6.45) is 4.55. The molecule has 0 aliphatic carbocycles. The van der Waals surface area contributed by atoms with Crippen LogP contribution in [0.15, 0.2) is 46.8 Å². The second kappa shape index (κ2) is 6.72. The summed E-state index contributed by atoms with van der Waals surface area (Å²) in [5, 5.41) is 10.4. The molecule has 132 valence electrons. The molecule has 0 saturated carbocycles. The summed E-state index contributed by atoms with van der Waals surface area (Å²) in [4.78, 5) is 30.1. The maximum absolute atomic E-state index is 12.5. The predicted octanol–water partition coefficient (Wildman–Crippen LogP) is 1.77. The molecule has 7 nitrogen and oxygen atoms in total. The maximum atomic E-state index is 12.5. The van der Waals surface area contributed by atoms with E-state index in [0.29, 0.717) is 18.4 Å². The van der Waals surface area contributed by atoms with Gasteiger partial charge in [-0.05, 0) is 13.0 Å². The third-order valence-electron chi connectivity index (χ3n) is 4.19. The highest BCUT2D eigenvalue weighted by Gasteiger charge is 2.11. The van der Waals surface area contributed by atoms with Crippen LogP contribution in [-0.2, 0) is 17.8 Å². The largest absolute Gasteiger partial charge is 0.354 e. The van der Waals surface area contributed by atoms with Crippen LogP contribution < -0.4 is 10.9 Å². The molecule has 0 atom stereocenters. The minimum absolute atomic E-state index is 0.0945. The van der Waals surface area contributed by atoms with Crippen LogP contribution in [0.2, 0.25) is 0 Å². The van der Waals surface area contributed by atoms with E-state index in [1.54, 1.807) is 17.4 Å². The minimum atomic E-state index is -0.254. The third kappa shape index (κ3) is 3.11. The number of imidazole rings is 1. The smallest absolute Gasteiger partial charge is 0.275 e. The van der Waals surface area contributed by atoms with Crippen LogP contribution in [0.3, 0.4) is 0 Å². The first-order chi connectivity index (χ1) is 12.6. The van der Waals surface area contributed by atoms with Crippen molar-refractivity contribution >= 4 is 33.0 Å². The van der Waals surface area contributed by atoms with Crippen molar-refractivity contribution in [1.29, 1.82) is 0 Å². The molecule has 26 heavy (non-hydrogen) atoms. The monoisotopic (exact) mass is 367 g/mol. The SMILES string of the molecule is Cc1nn(CC(=O)NCCc2cn3ccsc3n2)c(=O)c2ccccc12. The summed E-state index contributed by atoms with van der Waals surface area (Å²) < 4.78 is 3.18. The minimum Gasteiger partial charge on any atom is -0.354 e. The fourth-order valence-corrected chi connectivity index (χ4v) is 3.65. The summed E-state index contributed by atoms with van der Waals surface area (Å²) in [5.74, 6) is -0.240. The van der Waals surface area contributed by atoms with Gasteiger partial charge in [-0.3, -0.25) is 14.0 Å². The van der Waals surface area contributed by atoms with Crippen LogP contribution in [-0.4, -0.2) is 31.6 Å². The van der Waals surface area contributed by atoms with E-state index in [9.17, 15) is 9.59 Å². The molecule has 3 heterocycles. The number of thiazole rings is 1. The molecule has 4 rings (SSSR count). The number of hydrogen-bond acceptors (Lipinski definition) is 5. The number of amides is 1. The van der Waals surface area contributed by atoms with Crippen LogP contribution in [0.4, 0.5) is 0 Å². The van der Waals surface area contributed by atoms with E-state index >= 15 is 0 Å². The number of nitrogens with zero attached hydrogens (tertiary/aromatic N) is 4. The van der Waals surface area contributed by atoms with Crippen molar-refractivity contribution in [2.75, 3.05) is 6.54 Å². The highest BCUT2D eigenvalue weighted by atomic mass is 32.1. The molecule has 1 amide bonds. The Labute approximate surface area is 152 Å². The van der Waals surface area contributed by atoms with Gasteiger partial charge in [-0.15, -0.1) is 11.3 Å². The van der Waals surface area contributed by atoms with Crippen LogP contribution in [0.25, 0.3) is 15.7 Å². The number of hydrogen-bond donors (Lipinski definition) is 1. The molecular weight excluding hydrogens is 350 g/mol. The van der Waals surface area contributed by atoms with E-state index in [1.165, 1.54) is 4.68 Å². The molecule has 1 aromatic carbocycles. The average molecular weight is 367 g/mol. The number of carbonyl (C=O) groups excluding carboxylic acids is 1. The number of carbonyl (C=O) groups is 1. The molecule has 0 aliphatic heterocycles. The summed E-state index contributed by atoms with van der Waals surface area (Å²) in [6, 6.07) is 7.29. The summed E-state index contributed by atoms with van der Waals surface area (Å²) >= 11 is 1.57. The highest BCUT2D eigenvalue weighted by Crippen LogP contribution is 2.12. The number of aryl methyl sites for hydroxylation is 1. The molecule has 4 aromatic rings. The molecule has 0 aliphatic rings. The lowest BCUT2D eigenvalue weighted by atomic mass is 10.1. The van der Waals surface area contributed by atoms with Crippen molar-refractivity contribution in [3.8, 4) is 0 Å². The molecule has 0 bridgehead atoms. The Hall–Kier alpha value is -3.00. The first-order valence-electron chi connectivity index (χ1n) is 8.26. The van der Waals surface area contributed by atoms with Crippen LogP contribution in [0, 0.1) is 6.92 Å². The number of rotatable bonds is 5. The maximum Gasteiger partial charge on any atom is 0.275 e. The Balaban J connectivity index is 1.41. The van der Waals surface area contributed by atoms with Crippen molar-refractivity contribution in [2.45, 2.75) is 19.9 Å². The van der Waals surface area contributed by atoms with Gasteiger partial charge in [0.1, 0.15) is 6.54 Å². The molecule has 8 heteroatoms. The highest BCUT2D eigenvalue weighted by molar-refractivity contribution is 7.15. The van der Waals surface area contributed by atoms with Crippen molar-refractivity contribution in [3.05, 3.63) is 63.8 Å². The summed E-state index contributed by atoms with van der Waals surface area (Å²) in [5.41, 5.74) is 1.40. The van der Waals surface area contributed by atoms with E-state index in [0.717, 1.165) is 21.7 Å². The van der Waals surface area contributed by atoms with Crippen molar-refractivity contribution < 1.29 is 4.79 Å². The van der Waals surface area contributed by atoms with Crippen LogP contribution >= 0.6 is 11.3 Å². The molecule has 0 unspecified atom stereocenters. The Morgan fingerprint density at radius 1 is 1.27 bits per heavy atom. The zero-order valence-electron chi connectivity index (χ0n) is 14.2. The quantitative estimate of drug-likeness (QED) is 0.583. The van der Waals surface area contributed by atoms with Gasteiger partial charge in [0.05, 0.1) is 16.8 Å². The molecule has 0 fully saturated rings. The molecule has 1 N–H and O–H groups in total. The lowest BCUT2D eigenvalue weighted by Gasteiger charge is -2.09. The van der Waals surface area contributed by atoms with E-state index in [1.807, 2.05) is 47.3 Å². The van der Waals surface area contributed by atoms with Gasteiger partial charge in [-0.1, -0.05) is 18.2 Å². The zero-order valence-corrected chi connectivity index (χ0v) is 15.0. The van der Waals surface area contributed by atoms with Gasteiger partial charge in [-0.2, -0.15) is 5.10 Å². The number of benzene rings is 1. The summed E-state index contributed by atoms with van der Waals surface area (Å²) in [6.45, 7) is 2.20. The third-order valence-corrected chi connectivity index (χ3v) is 4.96. The number of nitrogens with one attached hydrogen (secondary N) is 1. The van der Waals surface area contributed by atoms with Gasteiger partial charge in [0, 0.05) is 36.1 Å². The van der Waals surface area contributed by atoms with Crippen LogP contribution in [0.5, 0.6) is 0 Å². The van der Waals surface area contributed by atoms with Gasteiger partial charge in [0.15, 0.2) is 4.96 Å². The Morgan fingerprint density at radius 3 is 2.88 bits per heavy atom. The van der Waals surface area contributed by atoms with Crippen LogP contribution in [0.1, 0.15) is 11.4 Å². The second-order valence-corrected chi connectivity index (χ2v) is 6.89. The van der Waals surface area contributed by atoms with E-state index in [4.69, 9.17) is 0 Å². The number of fused-ring (bicyclic) bond motifs is 2. The normalized spacial score (nSPS) is 11.3. The predicted molar refractivity (Wildman–Crippen MR) is 101 cm³/mol. The summed E-state index contributed by atoms with van der Waals surface area (Å²) in [7, 11) is 0. The molecule has 3 aromatic heterocycles.